The number of hydrogen-bond acceptors (Lipinski definition) is 5. The van der Waals surface area contributed by atoms with Gasteiger partial charge in [0, 0.05) is 18.5 Å². The van der Waals surface area contributed by atoms with Gasteiger partial charge in [0.25, 0.3) is 0 Å². The summed E-state index contributed by atoms with van der Waals surface area (Å²) in [5.41, 5.74) is 2.28. The number of carboxylic acid groups (broad SMARTS) is 1. The van der Waals surface area contributed by atoms with E-state index in [2.05, 4.69) is 27.7 Å². The van der Waals surface area contributed by atoms with Crippen LogP contribution in [0.1, 0.15) is 82.1 Å². The van der Waals surface area contributed by atoms with Gasteiger partial charge >= 0.3 is 5.97 Å². The molecular weight excluding hydrogens is 406 g/mol. The van der Waals surface area contributed by atoms with Gasteiger partial charge < -0.3 is 15.3 Å². The molecule has 1 aromatic carbocycles. The van der Waals surface area contributed by atoms with Crippen LogP contribution >= 0.6 is 0 Å². The Kier molecular flexibility index (Phi) is 9.53. The van der Waals surface area contributed by atoms with E-state index in [-0.39, 0.29) is 17.9 Å². The number of carbonyl (C=O) groups excluding carboxylic acids is 2. The van der Waals surface area contributed by atoms with E-state index in [0.717, 1.165) is 44.6 Å². The fraction of sp³-hybridized carbons (Fsp3) is 0.640. The van der Waals surface area contributed by atoms with E-state index in [4.69, 9.17) is 5.11 Å². The topological polar surface area (TPSA) is 98.7 Å². The second-order valence-corrected chi connectivity index (χ2v) is 9.15. The van der Waals surface area contributed by atoms with Crippen LogP contribution in [0.2, 0.25) is 0 Å². The minimum absolute atomic E-state index is 0.192. The second kappa shape index (κ2) is 12.6. The van der Waals surface area contributed by atoms with Crippen LogP contribution in [-0.2, 0) is 14.4 Å². The predicted molar refractivity (Wildman–Crippen MR) is 125 cm³/mol. The molecule has 2 aliphatic heterocycles. The number of hydrogen-bond donors (Lipinski definition) is 3. The number of nitrogens with zero attached hydrogens (tertiary/aromatic N) is 1. The van der Waals surface area contributed by atoms with Crippen LogP contribution < -0.4 is 10.6 Å². The maximum Gasteiger partial charge on any atom is 0.303 e. The molecule has 7 nitrogen and oxygen atoms in total. The predicted octanol–water partition coefficient (Wildman–Crippen LogP) is 3.90. The minimum atomic E-state index is -0.687. The number of aliphatic carboxylic acids is 1. The first kappa shape index (κ1) is 24.2. The Morgan fingerprint density at radius 3 is 2.28 bits per heavy atom. The van der Waals surface area contributed by atoms with Gasteiger partial charge in [0.15, 0.2) is 0 Å². The average molecular weight is 444 g/mol. The second-order valence-electron chi connectivity index (χ2n) is 9.15. The summed E-state index contributed by atoms with van der Waals surface area (Å²) in [5, 5.41) is 14.3. The Balaban J connectivity index is 1.30. The minimum Gasteiger partial charge on any atom is -0.481 e. The maximum absolute atomic E-state index is 11.9. The molecule has 1 unspecified atom stereocenters. The number of amides is 2. The van der Waals surface area contributed by atoms with Crippen molar-refractivity contribution in [3.8, 4) is 0 Å². The van der Waals surface area contributed by atoms with Crippen LogP contribution in [0.3, 0.4) is 0 Å². The number of benzene rings is 1. The van der Waals surface area contributed by atoms with Crippen molar-refractivity contribution in [1.82, 2.24) is 10.2 Å². The molecule has 1 atom stereocenters. The number of piperidine rings is 2. The zero-order chi connectivity index (χ0) is 22.8. The van der Waals surface area contributed by atoms with E-state index in [1.54, 1.807) is 0 Å². The van der Waals surface area contributed by atoms with Crippen molar-refractivity contribution in [3.63, 3.8) is 0 Å². The first-order valence-corrected chi connectivity index (χ1v) is 12.2. The normalized spacial score (nSPS) is 20.2. The summed E-state index contributed by atoms with van der Waals surface area (Å²) in [6, 6.07) is 8.08. The lowest BCUT2D eigenvalue weighted by Crippen LogP contribution is -2.47. The van der Waals surface area contributed by atoms with Gasteiger partial charge in [-0.3, -0.25) is 19.7 Å². The van der Waals surface area contributed by atoms with Crippen LogP contribution in [0.5, 0.6) is 0 Å². The van der Waals surface area contributed by atoms with E-state index < -0.39 is 5.97 Å². The number of anilines is 1. The van der Waals surface area contributed by atoms with Gasteiger partial charge in [-0.05, 0) is 75.4 Å². The summed E-state index contributed by atoms with van der Waals surface area (Å²) in [4.78, 5) is 36.3. The van der Waals surface area contributed by atoms with Crippen molar-refractivity contribution in [1.29, 1.82) is 0 Å². The molecule has 3 N–H and O–H groups in total. The van der Waals surface area contributed by atoms with Crippen molar-refractivity contribution in [3.05, 3.63) is 29.8 Å². The largest absolute Gasteiger partial charge is 0.481 e. The zero-order valence-corrected chi connectivity index (χ0v) is 19.0. The molecule has 0 saturated carbocycles. The molecule has 0 spiro atoms. The van der Waals surface area contributed by atoms with Crippen molar-refractivity contribution < 1.29 is 19.5 Å². The fourth-order valence-corrected chi connectivity index (χ4v) is 4.69. The van der Waals surface area contributed by atoms with E-state index in [0.29, 0.717) is 25.2 Å². The monoisotopic (exact) mass is 443 g/mol. The summed E-state index contributed by atoms with van der Waals surface area (Å²) in [7, 11) is 0. The third kappa shape index (κ3) is 7.93. The van der Waals surface area contributed by atoms with Crippen molar-refractivity contribution in [2.45, 2.75) is 82.6 Å². The van der Waals surface area contributed by atoms with Crippen LogP contribution in [0.4, 0.5) is 5.69 Å². The summed E-state index contributed by atoms with van der Waals surface area (Å²) < 4.78 is 0. The molecule has 2 aliphatic rings. The Hall–Kier alpha value is -2.41. The summed E-state index contributed by atoms with van der Waals surface area (Å²) in [6.07, 6.45) is 10.2. The number of rotatable bonds is 12. The highest BCUT2D eigenvalue weighted by molar-refractivity contribution is 6.01. The summed E-state index contributed by atoms with van der Waals surface area (Å²) in [6.45, 7) is 3.44. The fourth-order valence-electron chi connectivity index (χ4n) is 4.69. The number of unbranched alkanes of at least 4 members (excludes halogenated alkanes) is 5. The van der Waals surface area contributed by atoms with E-state index in [1.807, 2.05) is 12.1 Å². The molecule has 0 bridgehead atoms. The molecule has 3 rings (SSSR count). The van der Waals surface area contributed by atoms with Gasteiger partial charge in [-0.25, -0.2) is 0 Å². The first-order chi connectivity index (χ1) is 15.5. The molecule has 2 saturated heterocycles. The number of likely N-dealkylation sites (tertiary alicyclic amines) is 1. The molecule has 0 aliphatic carbocycles. The van der Waals surface area contributed by atoms with Crippen molar-refractivity contribution in [2.75, 3.05) is 25.0 Å². The molecule has 2 heterocycles. The lowest BCUT2D eigenvalue weighted by molar-refractivity contribution is -0.137. The van der Waals surface area contributed by atoms with Gasteiger partial charge in [0.05, 0.1) is 0 Å². The van der Waals surface area contributed by atoms with Crippen LogP contribution in [0, 0.1) is 0 Å². The number of nitrogens with one attached hydrogen (secondary N) is 2. The van der Waals surface area contributed by atoms with Gasteiger partial charge in [-0.1, -0.05) is 37.8 Å². The average Bonchev–Trinajstić information content (AvgIpc) is 2.78. The maximum atomic E-state index is 11.9. The summed E-state index contributed by atoms with van der Waals surface area (Å²) >= 11 is 0. The van der Waals surface area contributed by atoms with Crippen molar-refractivity contribution in [2.24, 2.45) is 0 Å². The van der Waals surface area contributed by atoms with Gasteiger partial charge in [-0.15, -0.1) is 0 Å². The van der Waals surface area contributed by atoms with Gasteiger partial charge in [-0.2, -0.15) is 0 Å². The molecule has 0 aromatic heterocycles. The van der Waals surface area contributed by atoms with E-state index >= 15 is 0 Å². The van der Waals surface area contributed by atoms with Gasteiger partial charge in [0.1, 0.15) is 6.04 Å². The molecule has 2 fully saturated rings. The highest BCUT2D eigenvalue weighted by Crippen LogP contribution is 2.29. The zero-order valence-electron chi connectivity index (χ0n) is 19.0. The molecule has 7 heteroatoms. The SMILES string of the molecule is O=C(O)CCCCCCCCN1CCC(c2ccc(NC3CCC(=O)NC3=O)cc2)CC1. The molecular formula is C25H37N3O4. The lowest BCUT2D eigenvalue weighted by atomic mass is 9.89. The molecule has 1 aromatic rings. The highest BCUT2D eigenvalue weighted by atomic mass is 16.4. The van der Waals surface area contributed by atoms with Crippen LogP contribution in [0.25, 0.3) is 0 Å². The Labute approximate surface area is 190 Å². The third-order valence-corrected chi connectivity index (χ3v) is 6.66. The molecule has 2 amide bonds. The van der Waals surface area contributed by atoms with E-state index in [1.165, 1.54) is 37.7 Å². The van der Waals surface area contributed by atoms with Crippen LogP contribution in [0.15, 0.2) is 24.3 Å². The highest BCUT2D eigenvalue weighted by Gasteiger charge is 2.26. The smallest absolute Gasteiger partial charge is 0.303 e. The molecule has 32 heavy (non-hydrogen) atoms. The van der Waals surface area contributed by atoms with Crippen molar-refractivity contribution >= 4 is 23.5 Å². The van der Waals surface area contributed by atoms with Gasteiger partial charge in [0.2, 0.25) is 11.8 Å². The number of carbonyl (C=O) groups is 3. The Morgan fingerprint density at radius 2 is 1.62 bits per heavy atom. The Bertz CT molecular complexity index is 757. The molecule has 0 radical (unpaired) electrons. The summed E-state index contributed by atoms with van der Waals surface area (Å²) in [5.74, 6) is -0.531. The number of imide groups is 1. The number of carboxylic acids is 1. The lowest BCUT2D eigenvalue weighted by Gasteiger charge is -2.32. The molecule has 176 valence electrons. The quantitative estimate of drug-likeness (QED) is 0.335. The van der Waals surface area contributed by atoms with E-state index in [9.17, 15) is 14.4 Å². The standard InChI is InChI=1S/C25H37N3O4/c29-23-13-12-22(25(32)27-23)26-21-10-8-19(9-11-21)20-14-17-28(18-15-20)16-6-4-2-1-3-5-7-24(30)31/h8-11,20,22,26H,1-7,12-18H2,(H,30,31)(H,27,29,32). The first-order valence-electron chi connectivity index (χ1n) is 12.2. The third-order valence-electron chi connectivity index (χ3n) is 6.66. The Morgan fingerprint density at radius 1 is 0.969 bits per heavy atom. The van der Waals surface area contributed by atoms with Crippen LogP contribution in [-0.4, -0.2) is 53.5 Å².